The number of carbonyl (C=O) groups is 1. The second-order valence-electron chi connectivity index (χ2n) is 5.63. The van der Waals surface area contributed by atoms with Crippen LogP contribution < -0.4 is 0 Å². The van der Waals surface area contributed by atoms with Gasteiger partial charge in [-0.1, -0.05) is 30.5 Å². The molecule has 0 amide bonds. The summed E-state index contributed by atoms with van der Waals surface area (Å²) in [7, 11) is -2.16. The molecule has 0 heterocycles. The van der Waals surface area contributed by atoms with Crippen molar-refractivity contribution < 1.29 is 18.3 Å². The Bertz CT molecular complexity index is 609. The molecule has 1 aliphatic carbocycles. The maximum absolute atomic E-state index is 12.6. The van der Waals surface area contributed by atoms with E-state index in [0.717, 1.165) is 18.4 Å². The van der Waals surface area contributed by atoms with Crippen molar-refractivity contribution in [2.75, 3.05) is 7.05 Å². The molecule has 1 fully saturated rings. The van der Waals surface area contributed by atoms with Crippen LogP contribution in [0.2, 0.25) is 0 Å². The van der Waals surface area contributed by atoms with Gasteiger partial charge in [-0.15, -0.1) is 0 Å². The van der Waals surface area contributed by atoms with E-state index in [9.17, 15) is 18.3 Å². The molecule has 0 aromatic heterocycles. The molecular weight excluding hydrogens is 290 g/mol. The third-order valence-corrected chi connectivity index (χ3v) is 6.11. The fourth-order valence-corrected chi connectivity index (χ4v) is 4.31. The van der Waals surface area contributed by atoms with Crippen molar-refractivity contribution in [3.05, 3.63) is 29.8 Å². The minimum Gasteiger partial charge on any atom is -0.481 e. The SMILES string of the molecule is Cc1ccc(S(=O)(=O)N(C)[C@@H]2CCCC[C@H]2C(=O)O)cc1. The van der Waals surface area contributed by atoms with Crippen molar-refractivity contribution in [3.8, 4) is 0 Å². The smallest absolute Gasteiger partial charge is 0.308 e. The average Bonchev–Trinajstić information content (AvgIpc) is 2.46. The van der Waals surface area contributed by atoms with E-state index in [2.05, 4.69) is 0 Å². The lowest BCUT2D eigenvalue weighted by Crippen LogP contribution is -2.46. The van der Waals surface area contributed by atoms with Gasteiger partial charge in [0, 0.05) is 13.1 Å². The van der Waals surface area contributed by atoms with Crippen molar-refractivity contribution in [2.24, 2.45) is 5.92 Å². The van der Waals surface area contributed by atoms with Gasteiger partial charge in [-0.2, -0.15) is 4.31 Å². The topological polar surface area (TPSA) is 74.7 Å². The van der Waals surface area contributed by atoms with Crippen molar-refractivity contribution >= 4 is 16.0 Å². The third-order valence-electron chi connectivity index (χ3n) is 4.21. The van der Waals surface area contributed by atoms with Crippen LogP contribution in [0.1, 0.15) is 31.2 Å². The lowest BCUT2D eigenvalue weighted by molar-refractivity contribution is -0.144. The highest BCUT2D eigenvalue weighted by Gasteiger charge is 2.38. The summed E-state index contributed by atoms with van der Waals surface area (Å²) < 4.78 is 26.5. The Balaban J connectivity index is 2.30. The van der Waals surface area contributed by atoms with Crippen molar-refractivity contribution in [1.29, 1.82) is 0 Å². The third kappa shape index (κ3) is 3.27. The zero-order valence-electron chi connectivity index (χ0n) is 12.3. The van der Waals surface area contributed by atoms with Gasteiger partial charge < -0.3 is 5.11 Å². The first-order chi connectivity index (χ1) is 9.84. The first-order valence-electron chi connectivity index (χ1n) is 7.11. The van der Waals surface area contributed by atoms with Crippen LogP contribution in [0.4, 0.5) is 0 Å². The predicted octanol–water partition coefficient (Wildman–Crippen LogP) is 2.26. The molecule has 0 saturated heterocycles. The lowest BCUT2D eigenvalue weighted by Gasteiger charge is -2.35. The normalized spacial score (nSPS) is 23.2. The van der Waals surface area contributed by atoms with E-state index in [-0.39, 0.29) is 4.90 Å². The van der Waals surface area contributed by atoms with E-state index in [0.29, 0.717) is 12.8 Å². The van der Waals surface area contributed by atoms with Gasteiger partial charge in [0.05, 0.1) is 10.8 Å². The number of nitrogens with zero attached hydrogens (tertiary/aromatic N) is 1. The maximum atomic E-state index is 12.6. The monoisotopic (exact) mass is 311 g/mol. The number of carboxylic acid groups (broad SMARTS) is 1. The summed E-state index contributed by atoms with van der Waals surface area (Å²) in [6.45, 7) is 1.89. The van der Waals surface area contributed by atoms with Crippen LogP contribution in [-0.4, -0.2) is 36.9 Å². The van der Waals surface area contributed by atoms with Crippen molar-refractivity contribution in [2.45, 2.75) is 43.5 Å². The molecule has 116 valence electrons. The van der Waals surface area contributed by atoms with Crippen molar-refractivity contribution in [3.63, 3.8) is 0 Å². The number of sulfonamides is 1. The molecule has 1 aromatic carbocycles. The molecule has 0 bridgehead atoms. The molecule has 21 heavy (non-hydrogen) atoms. The van der Waals surface area contributed by atoms with Crippen LogP contribution in [0.15, 0.2) is 29.2 Å². The van der Waals surface area contributed by atoms with E-state index in [1.54, 1.807) is 24.3 Å². The average molecular weight is 311 g/mol. The van der Waals surface area contributed by atoms with Crippen LogP contribution in [0.5, 0.6) is 0 Å². The number of aliphatic carboxylic acids is 1. The van der Waals surface area contributed by atoms with E-state index in [1.165, 1.54) is 11.4 Å². The van der Waals surface area contributed by atoms with Gasteiger partial charge in [-0.3, -0.25) is 4.79 Å². The number of carboxylic acids is 1. The summed E-state index contributed by atoms with van der Waals surface area (Å²) in [6, 6.07) is 6.16. The van der Waals surface area contributed by atoms with E-state index < -0.39 is 28.0 Å². The Labute approximate surface area is 125 Å². The molecule has 1 N–H and O–H groups in total. The summed E-state index contributed by atoms with van der Waals surface area (Å²) in [6.07, 6.45) is 2.83. The molecule has 0 unspecified atom stereocenters. The van der Waals surface area contributed by atoms with Gasteiger partial charge in [0.25, 0.3) is 0 Å². The van der Waals surface area contributed by atoms with Crippen LogP contribution in [0, 0.1) is 12.8 Å². The molecule has 0 radical (unpaired) electrons. The molecule has 2 atom stereocenters. The second kappa shape index (κ2) is 6.15. The first kappa shape index (κ1) is 16.0. The zero-order chi connectivity index (χ0) is 15.6. The highest BCUT2D eigenvalue weighted by atomic mass is 32.2. The van der Waals surface area contributed by atoms with Crippen molar-refractivity contribution in [1.82, 2.24) is 4.31 Å². The number of hydrogen-bond acceptors (Lipinski definition) is 3. The van der Waals surface area contributed by atoms with Crippen LogP contribution in [-0.2, 0) is 14.8 Å². The van der Waals surface area contributed by atoms with Gasteiger partial charge in [0.2, 0.25) is 10.0 Å². The molecule has 1 aliphatic rings. The van der Waals surface area contributed by atoms with Gasteiger partial charge in [0.15, 0.2) is 0 Å². The Morgan fingerprint density at radius 3 is 2.33 bits per heavy atom. The van der Waals surface area contributed by atoms with Crippen LogP contribution in [0.3, 0.4) is 0 Å². The molecule has 0 spiro atoms. The number of aryl methyl sites for hydroxylation is 1. The van der Waals surface area contributed by atoms with E-state index in [1.807, 2.05) is 6.92 Å². The summed E-state index contributed by atoms with van der Waals surface area (Å²) in [5, 5.41) is 9.31. The first-order valence-corrected chi connectivity index (χ1v) is 8.55. The molecule has 5 nitrogen and oxygen atoms in total. The molecule has 1 saturated carbocycles. The fraction of sp³-hybridized carbons (Fsp3) is 0.533. The van der Waals surface area contributed by atoms with Gasteiger partial charge in [-0.05, 0) is 31.9 Å². The zero-order valence-corrected chi connectivity index (χ0v) is 13.1. The lowest BCUT2D eigenvalue weighted by atomic mass is 9.85. The predicted molar refractivity (Wildman–Crippen MR) is 79.5 cm³/mol. The van der Waals surface area contributed by atoms with Crippen LogP contribution in [0.25, 0.3) is 0 Å². The second-order valence-corrected chi connectivity index (χ2v) is 7.63. The molecule has 2 rings (SSSR count). The number of benzene rings is 1. The molecule has 1 aromatic rings. The van der Waals surface area contributed by atoms with E-state index in [4.69, 9.17) is 0 Å². The fourth-order valence-electron chi connectivity index (χ4n) is 2.89. The summed E-state index contributed by atoms with van der Waals surface area (Å²) in [5.41, 5.74) is 0.984. The summed E-state index contributed by atoms with van der Waals surface area (Å²) in [4.78, 5) is 11.6. The minimum absolute atomic E-state index is 0.213. The summed E-state index contributed by atoms with van der Waals surface area (Å²) in [5.74, 6) is -1.53. The number of rotatable bonds is 4. The number of hydrogen-bond donors (Lipinski definition) is 1. The molecular formula is C15H21NO4S. The van der Waals surface area contributed by atoms with Crippen LogP contribution >= 0.6 is 0 Å². The van der Waals surface area contributed by atoms with E-state index >= 15 is 0 Å². The Morgan fingerprint density at radius 2 is 1.76 bits per heavy atom. The largest absolute Gasteiger partial charge is 0.481 e. The Morgan fingerprint density at radius 1 is 1.19 bits per heavy atom. The standard InChI is InChI=1S/C15H21NO4S/c1-11-7-9-12(10-8-11)21(19,20)16(2)14-6-4-3-5-13(14)15(17)18/h7-10,13-14H,3-6H2,1-2H3,(H,17,18)/t13-,14-/m1/s1. The minimum atomic E-state index is -3.65. The van der Waals surface area contributed by atoms with Gasteiger partial charge in [0.1, 0.15) is 0 Å². The van der Waals surface area contributed by atoms with Gasteiger partial charge in [-0.25, -0.2) is 8.42 Å². The van der Waals surface area contributed by atoms with Gasteiger partial charge >= 0.3 is 5.97 Å². The Hall–Kier alpha value is -1.40. The summed E-state index contributed by atoms with van der Waals surface area (Å²) >= 11 is 0. The molecule has 0 aliphatic heterocycles. The Kier molecular flexibility index (Phi) is 4.68. The highest BCUT2D eigenvalue weighted by molar-refractivity contribution is 7.89. The quantitative estimate of drug-likeness (QED) is 0.925. The maximum Gasteiger partial charge on any atom is 0.308 e. The highest BCUT2D eigenvalue weighted by Crippen LogP contribution is 2.31. The molecule has 6 heteroatoms.